The maximum Gasteiger partial charge on any atom is 0.293 e. The van der Waals surface area contributed by atoms with Crippen molar-refractivity contribution in [1.29, 1.82) is 0 Å². The number of carbonyl (C=O) groups excluding carboxylic acids is 1. The van der Waals surface area contributed by atoms with E-state index in [0.717, 1.165) is 0 Å². The van der Waals surface area contributed by atoms with Crippen LogP contribution in [0.1, 0.15) is 10.5 Å². The summed E-state index contributed by atoms with van der Waals surface area (Å²) in [5.74, 6) is -0.644. The highest BCUT2D eigenvalue weighted by molar-refractivity contribution is 6.33. The molecule has 0 radical (unpaired) electrons. The van der Waals surface area contributed by atoms with Crippen LogP contribution in [0.2, 0.25) is 5.02 Å². The summed E-state index contributed by atoms with van der Waals surface area (Å²) in [6.07, 6.45) is 0. The minimum Gasteiger partial charge on any atom is -0.288 e. The standard InChI is InChI=1S/C16H12ClN3O2/c17-13-9-5-4-8-12(13)14-10-15(16(21)19-22)20(18-14)11-6-2-1-3-7-11/h1-10,22H,(H,19,21). The lowest BCUT2D eigenvalue weighted by atomic mass is 10.1. The summed E-state index contributed by atoms with van der Waals surface area (Å²) >= 11 is 6.18. The van der Waals surface area contributed by atoms with Crippen LogP contribution < -0.4 is 5.48 Å². The number of halogens is 1. The van der Waals surface area contributed by atoms with Crippen molar-refractivity contribution in [2.75, 3.05) is 0 Å². The molecule has 5 nitrogen and oxygen atoms in total. The zero-order valence-electron chi connectivity index (χ0n) is 11.4. The predicted molar refractivity (Wildman–Crippen MR) is 83.3 cm³/mol. The molecule has 1 aromatic heterocycles. The second-order valence-electron chi connectivity index (χ2n) is 4.58. The number of rotatable bonds is 3. The monoisotopic (exact) mass is 313 g/mol. The van der Waals surface area contributed by atoms with Gasteiger partial charge < -0.3 is 0 Å². The van der Waals surface area contributed by atoms with E-state index in [-0.39, 0.29) is 5.69 Å². The van der Waals surface area contributed by atoms with Gasteiger partial charge >= 0.3 is 0 Å². The van der Waals surface area contributed by atoms with Gasteiger partial charge in [-0.15, -0.1) is 0 Å². The number of hydrogen-bond acceptors (Lipinski definition) is 3. The molecular formula is C16H12ClN3O2. The number of aromatic nitrogens is 2. The van der Waals surface area contributed by atoms with Gasteiger partial charge in [0.25, 0.3) is 5.91 Å². The SMILES string of the molecule is O=C(NO)c1cc(-c2ccccc2Cl)nn1-c1ccccc1. The Bertz CT molecular complexity index is 815. The molecule has 0 aliphatic rings. The van der Waals surface area contributed by atoms with Crippen molar-refractivity contribution in [1.82, 2.24) is 15.3 Å². The van der Waals surface area contributed by atoms with E-state index in [9.17, 15) is 4.79 Å². The first-order chi connectivity index (χ1) is 10.7. The van der Waals surface area contributed by atoms with Crippen LogP contribution in [0, 0.1) is 0 Å². The van der Waals surface area contributed by atoms with Crippen LogP contribution in [0.4, 0.5) is 0 Å². The fraction of sp³-hybridized carbons (Fsp3) is 0. The molecule has 0 bridgehead atoms. The first-order valence-electron chi connectivity index (χ1n) is 6.55. The van der Waals surface area contributed by atoms with Crippen LogP contribution in [0.5, 0.6) is 0 Å². The van der Waals surface area contributed by atoms with E-state index >= 15 is 0 Å². The second-order valence-corrected chi connectivity index (χ2v) is 4.99. The molecule has 1 amide bonds. The number of nitrogens with zero attached hydrogens (tertiary/aromatic N) is 2. The normalized spacial score (nSPS) is 10.5. The largest absolute Gasteiger partial charge is 0.293 e. The summed E-state index contributed by atoms with van der Waals surface area (Å²) in [4.78, 5) is 11.9. The van der Waals surface area contributed by atoms with Crippen LogP contribution >= 0.6 is 11.6 Å². The molecule has 0 saturated carbocycles. The fourth-order valence-corrected chi connectivity index (χ4v) is 2.40. The summed E-state index contributed by atoms with van der Waals surface area (Å²) in [5, 5.41) is 13.9. The molecule has 0 unspecified atom stereocenters. The zero-order valence-corrected chi connectivity index (χ0v) is 12.2. The minimum absolute atomic E-state index is 0.212. The summed E-state index contributed by atoms with van der Waals surface area (Å²) in [6.45, 7) is 0. The molecule has 0 atom stereocenters. The number of benzene rings is 2. The first-order valence-corrected chi connectivity index (χ1v) is 6.93. The van der Waals surface area contributed by atoms with E-state index in [1.54, 1.807) is 17.6 Å². The molecule has 1 heterocycles. The molecule has 3 rings (SSSR count). The van der Waals surface area contributed by atoms with Crippen LogP contribution in [0.3, 0.4) is 0 Å². The van der Waals surface area contributed by atoms with Gasteiger partial charge in [-0.1, -0.05) is 48.0 Å². The number of para-hydroxylation sites is 1. The predicted octanol–water partition coefficient (Wildman–Crippen LogP) is 3.31. The summed E-state index contributed by atoms with van der Waals surface area (Å²) in [7, 11) is 0. The second kappa shape index (κ2) is 6.01. The lowest BCUT2D eigenvalue weighted by Gasteiger charge is -2.05. The van der Waals surface area contributed by atoms with Crippen LogP contribution in [0.15, 0.2) is 60.7 Å². The van der Waals surface area contributed by atoms with Crippen molar-refractivity contribution < 1.29 is 10.0 Å². The smallest absolute Gasteiger partial charge is 0.288 e. The zero-order chi connectivity index (χ0) is 15.5. The summed E-state index contributed by atoms with van der Waals surface area (Å²) in [6, 6.07) is 18.0. The van der Waals surface area contributed by atoms with Crippen molar-refractivity contribution in [2.24, 2.45) is 0 Å². The molecule has 0 spiro atoms. The molecule has 0 aliphatic carbocycles. The Morgan fingerprint density at radius 2 is 1.77 bits per heavy atom. The topological polar surface area (TPSA) is 67.2 Å². The summed E-state index contributed by atoms with van der Waals surface area (Å²) in [5.41, 5.74) is 3.82. The van der Waals surface area contributed by atoms with E-state index in [4.69, 9.17) is 16.8 Å². The van der Waals surface area contributed by atoms with Crippen molar-refractivity contribution >= 4 is 17.5 Å². The Kier molecular flexibility index (Phi) is 3.91. The van der Waals surface area contributed by atoms with Gasteiger partial charge in [-0.2, -0.15) is 5.10 Å². The Morgan fingerprint density at radius 1 is 1.09 bits per heavy atom. The Labute approximate surface area is 131 Å². The third-order valence-electron chi connectivity index (χ3n) is 3.19. The van der Waals surface area contributed by atoms with E-state index in [1.807, 2.05) is 48.5 Å². The molecule has 0 aliphatic heterocycles. The molecule has 22 heavy (non-hydrogen) atoms. The van der Waals surface area contributed by atoms with Gasteiger partial charge in [-0.05, 0) is 24.3 Å². The van der Waals surface area contributed by atoms with Crippen molar-refractivity contribution in [2.45, 2.75) is 0 Å². The van der Waals surface area contributed by atoms with Gasteiger partial charge in [0.2, 0.25) is 0 Å². The maximum absolute atomic E-state index is 11.9. The average molecular weight is 314 g/mol. The average Bonchev–Trinajstić information content (AvgIpc) is 3.00. The lowest BCUT2D eigenvalue weighted by Crippen LogP contribution is -2.22. The van der Waals surface area contributed by atoms with E-state index in [1.165, 1.54) is 4.68 Å². The van der Waals surface area contributed by atoms with Crippen LogP contribution in [-0.4, -0.2) is 20.9 Å². The van der Waals surface area contributed by atoms with Gasteiger partial charge in [0.05, 0.1) is 16.4 Å². The molecule has 2 aromatic carbocycles. The van der Waals surface area contributed by atoms with Gasteiger partial charge in [-0.25, -0.2) is 10.2 Å². The number of carbonyl (C=O) groups is 1. The third-order valence-corrected chi connectivity index (χ3v) is 3.52. The number of hydrogen-bond donors (Lipinski definition) is 2. The first kappa shape index (κ1) is 14.3. The highest BCUT2D eigenvalue weighted by atomic mass is 35.5. The molecule has 110 valence electrons. The number of nitrogens with one attached hydrogen (secondary N) is 1. The van der Waals surface area contributed by atoms with Crippen molar-refractivity contribution in [3.8, 4) is 16.9 Å². The number of amides is 1. The van der Waals surface area contributed by atoms with E-state index in [0.29, 0.717) is 22.0 Å². The number of hydroxylamine groups is 1. The van der Waals surface area contributed by atoms with E-state index in [2.05, 4.69) is 5.10 Å². The molecule has 6 heteroatoms. The molecular weight excluding hydrogens is 302 g/mol. The molecule has 0 fully saturated rings. The summed E-state index contributed by atoms with van der Waals surface area (Å²) < 4.78 is 1.46. The van der Waals surface area contributed by atoms with E-state index < -0.39 is 5.91 Å². The van der Waals surface area contributed by atoms with Crippen molar-refractivity contribution in [3.05, 3.63) is 71.4 Å². The third kappa shape index (κ3) is 2.59. The van der Waals surface area contributed by atoms with Crippen molar-refractivity contribution in [3.63, 3.8) is 0 Å². The Balaban J connectivity index is 2.18. The van der Waals surface area contributed by atoms with Crippen LogP contribution in [0.25, 0.3) is 16.9 Å². The molecule has 0 saturated heterocycles. The van der Waals surface area contributed by atoms with Gasteiger partial charge in [0.15, 0.2) is 0 Å². The van der Waals surface area contributed by atoms with Gasteiger partial charge in [0.1, 0.15) is 5.69 Å². The lowest BCUT2D eigenvalue weighted by molar-refractivity contribution is 0.0697. The Morgan fingerprint density at radius 3 is 2.45 bits per heavy atom. The highest BCUT2D eigenvalue weighted by Crippen LogP contribution is 2.28. The molecule has 2 N–H and O–H groups in total. The Hall–Kier alpha value is -2.63. The molecule has 3 aromatic rings. The maximum atomic E-state index is 11.9. The minimum atomic E-state index is -0.644. The fourth-order valence-electron chi connectivity index (χ4n) is 2.17. The highest BCUT2D eigenvalue weighted by Gasteiger charge is 2.18. The van der Waals surface area contributed by atoms with Gasteiger partial charge in [0, 0.05) is 5.56 Å². The van der Waals surface area contributed by atoms with Crippen LogP contribution in [-0.2, 0) is 0 Å². The van der Waals surface area contributed by atoms with Gasteiger partial charge in [-0.3, -0.25) is 10.0 Å². The quantitative estimate of drug-likeness (QED) is 0.576.